The van der Waals surface area contributed by atoms with Gasteiger partial charge in [0, 0.05) is 13.2 Å². The minimum atomic E-state index is -0.423. The van der Waals surface area contributed by atoms with Gasteiger partial charge in [0.05, 0.1) is 6.10 Å². The van der Waals surface area contributed by atoms with Gasteiger partial charge in [-0.25, -0.2) is 0 Å². The maximum atomic E-state index is 11.9. The third kappa shape index (κ3) is 5.36. The summed E-state index contributed by atoms with van der Waals surface area (Å²) in [5.41, 5.74) is -0.423. The van der Waals surface area contributed by atoms with Gasteiger partial charge in [-0.3, -0.25) is 9.69 Å². The maximum absolute atomic E-state index is 11.9. The number of likely N-dealkylation sites (N-methyl/N-ethyl adjacent to an activating group) is 1. The van der Waals surface area contributed by atoms with Crippen molar-refractivity contribution < 1.29 is 14.3 Å². The molecule has 0 aliphatic carbocycles. The van der Waals surface area contributed by atoms with E-state index < -0.39 is 5.60 Å². The summed E-state index contributed by atoms with van der Waals surface area (Å²) in [6, 6.07) is -0.227. The van der Waals surface area contributed by atoms with Crippen LogP contribution in [0.25, 0.3) is 0 Å². The fraction of sp³-hybridized carbons (Fsp3) is 0.929. The van der Waals surface area contributed by atoms with Crippen molar-refractivity contribution in [1.29, 1.82) is 0 Å². The van der Waals surface area contributed by atoms with Crippen LogP contribution in [0.1, 0.15) is 47.0 Å². The van der Waals surface area contributed by atoms with Crippen LogP contribution in [-0.4, -0.2) is 48.8 Å². The summed E-state index contributed by atoms with van der Waals surface area (Å²) in [7, 11) is 1.95. The quantitative estimate of drug-likeness (QED) is 0.724. The first-order chi connectivity index (χ1) is 8.29. The lowest BCUT2D eigenvalue weighted by atomic mass is 10.1. The second kappa shape index (κ2) is 6.53. The molecule has 4 nitrogen and oxygen atoms in total. The van der Waals surface area contributed by atoms with E-state index in [4.69, 9.17) is 9.47 Å². The minimum absolute atomic E-state index is 0.166. The lowest BCUT2D eigenvalue weighted by Crippen LogP contribution is -2.44. The van der Waals surface area contributed by atoms with Crippen LogP contribution in [0.3, 0.4) is 0 Å². The monoisotopic (exact) mass is 257 g/mol. The van der Waals surface area contributed by atoms with Crippen LogP contribution in [0, 0.1) is 0 Å². The summed E-state index contributed by atoms with van der Waals surface area (Å²) < 4.78 is 11.1. The van der Waals surface area contributed by atoms with Crippen molar-refractivity contribution in [1.82, 2.24) is 4.90 Å². The number of rotatable bonds is 4. The normalized spacial score (nSPS) is 22.9. The van der Waals surface area contributed by atoms with Gasteiger partial charge in [-0.2, -0.15) is 0 Å². The van der Waals surface area contributed by atoms with E-state index in [1.807, 2.05) is 39.6 Å². The second-order valence-corrected chi connectivity index (χ2v) is 6.14. The highest BCUT2D eigenvalue weighted by Crippen LogP contribution is 2.15. The van der Waals surface area contributed by atoms with Crippen LogP contribution in [-0.2, 0) is 14.3 Å². The molecule has 1 aliphatic heterocycles. The van der Waals surface area contributed by atoms with E-state index in [1.54, 1.807) is 0 Å². The highest BCUT2D eigenvalue weighted by molar-refractivity contribution is 5.75. The van der Waals surface area contributed by atoms with Crippen LogP contribution in [0.5, 0.6) is 0 Å². The molecule has 0 aromatic rings. The van der Waals surface area contributed by atoms with Gasteiger partial charge in [-0.15, -0.1) is 0 Å². The Morgan fingerprint density at radius 3 is 2.61 bits per heavy atom. The molecule has 1 heterocycles. The molecule has 2 unspecified atom stereocenters. The predicted molar refractivity (Wildman–Crippen MR) is 71.5 cm³/mol. The van der Waals surface area contributed by atoms with Crippen molar-refractivity contribution in [3.63, 3.8) is 0 Å². The summed E-state index contributed by atoms with van der Waals surface area (Å²) in [5.74, 6) is -0.166. The van der Waals surface area contributed by atoms with E-state index in [9.17, 15) is 4.79 Å². The molecule has 0 radical (unpaired) electrons. The van der Waals surface area contributed by atoms with E-state index >= 15 is 0 Å². The van der Waals surface area contributed by atoms with E-state index in [-0.39, 0.29) is 18.1 Å². The van der Waals surface area contributed by atoms with E-state index in [2.05, 4.69) is 0 Å². The topological polar surface area (TPSA) is 38.8 Å². The number of nitrogens with zero attached hydrogens (tertiary/aromatic N) is 1. The number of esters is 1. The average Bonchev–Trinajstić information content (AvgIpc) is 2.27. The van der Waals surface area contributed by atoms with E-state index in [1.165, 1.54) is 6.42 Å². The van der Waals surface area contributed by atoms with Crippen LogP contribution in [0.15, 0.2) is 0 Å². The summed E-state index contributed by atoms with van der Waals surface area (Å²) in [6.45, 7) is 9.20. The van der Waals surface area contributed by atoms with Crippen LogP contribution >= 0.6 is 0 Å². The first-order valence-electron chi connectivity index (χ1n) is 6.84. The van der Waals surface area contributed by atoms with E-state index in [0.717, 1.165) is 26.0 Å². The Morgan fingerprint density at radius 2 is 2.11 bits per heavy atom. The first kappa shape index (κ1) is 15.4. The van der Waals surface area contributed by atoms with Gasteiger partial charge in [0.25, 0.3) is 0 Å². The Hall–Kier alpha value is -0.610. The standard InChI is InChI=1S/C14H27NO3/c1-11(13(16)18-14(2,3)4)15(5)10-12-8-6-7-9-17-12/h11-12H,6-10H2,1-5H3. The van der Waals surface area contributed by atoms with Gasteiger partial charge < -0.3 is 9.47 Å². The molecule has 18 heavy (non-hydrogen) atoms. The Bertz CT molecular complexity index is 267. The van der Waals surface area contributed by atoms with Crippen LogP contribution in [0.2, 0.25) is 0 Å². The molecule has 0 bridgehead atoms. The lowest BCUT2D eigenvalue weighted by Gasteiger charge is -2.31. The summed E-state index contributed by atoms with van der Waals surface area (Å²) in [6.07, 6.45) is 3.72. The van der Waals surface area contributed by atoms with Crippen LogP contribution in [0.4, 0.5) is 0 Å². The summed E-state index contributed by atoms with van der Waals surface area (Å²) in [5, 5.41) is 0. The van der Waals surface area contributed by atoms with E-state index in [0.29, 0.717) is 0 Å². The van der Waals surface area contributed by atoms with Crippen molar-refractivity contribution in [2.75, 3.05) is 20.2 Å². The molecule has 1 rings (SSSR count). The average molecular weight is 257 g/mol. The molecule has 0 amide bonds. The summed E-state index contributed by atoms with van der Waals surface area (Å²) >= 11 is 0. The van der Waals surface area contributed by atoms with Crippen LogP contribution < -0.4 is 0 Å². The molecule has 0 spiro atoms. The van der Waals surface area contributed by atoms with Crippen molar-refractivity contribution in [2.45, 2.75) is 64.7 Å². The Kier molecular flexibility index (Phi) is 5.60. The molecular weight excluding hydrogens is 230 g/mol. The van der Waals surface area contributed by atoms with Gasteiger partial charge in [0.1, 0.15) is 11.6 Å². The smallest absolute Gasteiger partial charge is 0.323 e. The number of hydrogen-bond acceptors (Lipinski definition) is 4. The fourth-order valence-corrected chi connectivity index (χ4v) is 2.00. The predicted octanol–water partition coefficient (Wildman–Crippen LogP) is 2.22. The number of carbonyl (C=O) groups is 1. The molecular formula is C14H27NO3. The molecule has 0 aromatic heterocycles. The molecule has 0 saturated carbocycles. The van der Waals surface area contributed by atoms with Crippen molar-refractivity contribution in [3.05, 3.63) is 0 Å². The Balaban J connectivity index is 2.39. The molecule has 0 N–H and O–H groups in total. The zero-order chi connectivity index (χ0) is 13.8. The Labute approximate surface area is 111 Å². The van der Waals surface area contributed by atoms with Gasteiger partial charge in [-0.1, -0.05) is 0 Å². The third-order valence-electron chi connectivity index (χ3n) is 3.17. The maximum Gasteiger partial charge on any atom is 0.323 e. The zero-order valence-electron chi connectivity index (χ0n) is 12.4. The van der Waals surface area contributed by atoms with Crippen molar-refractivity contribution in [3.8, 4) is 0 Å². The van der Waals surface area contributed by atoms with Gasteiger partial charge in [0.15, 0.2) is 0 Å². The molecule has 1 fully saturated rings. The van der Waals surface area contributed by atoms with Crippen molar-refractivity contribution in [2.24, 2.45) is 0 Å². The van der Waals surface area contributed by atoms with Gasteiger partial charge >= 0.3 is 5.97 Å². The molecule has 106 valence electrons. The number of carbonyl (C=O) groups excluding carboxylic acids is 1. The molecule has 1 aliphatic rings. The van der Waals surface area contributed by atoms with Gasteiger partial charge in [-0.05, 0) is 54.0 Å². The zero-order valence-corrected chi connectivity index (χ0v) is 12.4. The van der Waals surface area contributed by atoms with Crippen molar-refractivity contribution >= 4 is 5.97 Å². The minimum Gasteiger partial charge on any atom is -0.459 e. The fourth-order valence-electron chi connectivity index (χ4n) is 2.00. The molecule has 0 aromatic carbocycles. The molecule has 1 saturated heterocycles. The summed E-state index contributed by atoms with van der Waals surface area (Å²) in [4.78, 5) is 14.0. The molecule has 2 atom stereocenters. The number of hydrogen-bond donors (Lipinski definition) is 0. The SMILES string of the molecule is CC(C(=O)OC(C)(C)C)N(C)CC1CCCCO1. The lowest BCUT2D eigenvalue weighted by molar-refractivity contribution is -0.160. The first-order valence-corrected chi connectivity index (χ1v) is 6.84. The highest BCUT2D eigenvalue weighted by Gasteiger charge is 2.26. The second-order valence-electron chi connectivity index (χ2n) is 6.14. The van der Waals surface area contributed by atoms with Gasteiger partial charge in [0.2, 0.25) is 0 Å². The Morgan fingerprint density at radius 1 is 1.44 bits per heavy atom. The third-order valence-corrected chi connectivity index (χ3v) is 3.17. The highest BCUT2D eigenvalue weighted by atomic mass is 16.6. The molecule has 4 heteroatoms. The number of ether oxygens (including phenoxy) is 2. The largest absolute Gasteiger partial charge is 0.459 e.